The van der Waals surface area contributed by atoms with Gasteiger partial charge < -0.3 is 29.1 Å². The van der Waals surface area contributed by atoms with Crippen LogP contribution < -0.4 is 11.1 Å². The number of carbonyl (C=O) groups is 3. The molecule has 7 aromatic carbocycles. The van der Waals surface area contributed by atoms with E-state index in [9.17, 15) is 14.4 Å². The van der Waals surface area contributed by atoms with E-state index >= 15 is 0 Å². The molecular formula is C76H103N3O7Si3. The Bertz CT molecular complexity index is 3560. The highest BCUT2D eigenvalue weighted by molar-refractivity contribution is 6.74. The first kappa shape index (κ1) is 71.5. The molecule has 0 bridgehead atoms. The van der Waals surface area contributed by atoms with Gasteiger partial charge in [0.1, 0.15) is 5.60 Å². The molecule has 0 aliphatic carbocycles. The number of nitrogens with zero attached hydrogens (tertiary/aromatic N) is 1. The minimum Gasteiger partial charge on any atom is -0.444 e. The van der Waals surface area contributed by atoms with Crippen LogP contribution in [0.1, 0.15) is 154 Å². The first-order valence-electron chi connectivity index (χ1n) is 31.4. The number of hydrogen-bond acceptors (Lipinski definition) is 8. The fraction of sp³-hybridized carbons (Fsp3) is 0.408. The van der Waals surface area contributed by atoms with Gasteiger partial charge in [-0.15, -0.1) is 0 Å². The number of carbonyl (C=O) groups excluding carboxylic acids is 3. The van der Waals surface area contributed by atoms with Crippen molar-refractivity contribution in [3.8, 4) is 33.4 Å². The molecule has 8 rings (SSSR count). The second-order valence-corrected chi connectivity index (χ2v) is 44.1. The van der Waals surface area contributed by atoms with E-state index in [0.29, 0.717) is 44.0 Å². The van der Waals surface area contributed by atoms with Crippen molar-refractivity contribution in [2.24, 2.45) is 5.73 Å². The molecule has 13 heteroatoms. The van der Waals surface area contributed by atoms with E-state index in [1.165, 1.54) is 38.3 Å². The van der Waals surface area contributed by atoms with Gasteiger partial charge in [-0.2, -0.15) is 0 Å². The number of imide groups is 1. The van der Waals surface area contributed by atoms with E-state index in [1.807, 2.05) is 33.8 Å². The number of aryl methyl sites for hydroxylation is 3. The van der Waals surface area contributed by atoms with E-state index in [2.05, 4.69) is 242 Å². The molecule has 10 nitrogen and oxygen atoms in total. The smallest absolute Gasteiger partial charge is 0.407 e. The highest BCUT2D eigenvalue weighted by Crippen LogP contribution is 2.40. The van der Waals surface area contributed by atoms with Gasteiger partial charge in [-0.1, -0.05) is 182 Å². The number of benzene rings is 7. The number of nitrogens with two attached hydrogens (primary N) is 1. The van der Waals surface area contributed by atoms with Crippen molar-refractivity contribution in [3.63, 3.8) is 0 Å². The van der Waals surface area contributed by atoms with Gasteiger partial charge in [0.05, 0.1) is 37.5 Å². The summed E-state index contributed by atoms with van der Waals surface area (Å²) in [6, 6.07) is 51.8. The predicted molar refractivity (Wildman–Crippen MR) is 377 cm³/mol. The Labute approximate surface area is 537 Å². The van der Waals surface area contributed by atoms with Crippen molar-refractivity contribution in [2.75, 3.05) is 0 Å². The average molecular weight is 1250 g/mol. The molecule has 0 saturated heterocycles. The van der Waals surface area contributed by atoms with Crippen LogP contribution in [0.5, 0.6) is 0 Å². The largest absolute Gasteiger partial charge is 0.444 e. The zero-order valence-electron chi connectivity index (χ0n) is 57.6. The van der Waals surface area contributed by atoms with Gasteiger partial charge >= 0.3 is 6.09 Å². The predicted octanol–water partition coefficient (Wildman–Crippen LogP) is 19.8. The van der Waals surface area contributed by atoms with E-state index in [0.717, 1.165) is 50.1 Å². The maximum Gasteiger partial charge on any atom is 0.407 e. The lowest BCUT2D eigenvalue weighted by Crippen LogP contribution is -2.40. The van der Waals surface area contributed by atoms with Gasteiger partial charge in [0.25, 0.3) is 11.8 Å². The van der Waals surface area contributed by atoms with Crippen molar-refractivity contribution < 1.29 is 32.4 Å². The molecule has 0 spiro atoms. The number of amides is 3. The molecule has 0 radical (unpaired) electrons. The molecule has 1 aliphatic heterocycles. The highest BCUT2D eigenvalue weighted by Gasteiger charge is 2.39. The van der Waals surface area contributed by atoms with Crippen molar-refractivity contribution in [1.29, 1.82) is 0 Å². The van der Waals surface area contributed by atoms with Crippen molar-refractivity contribution >= 4 is 42.9 Å². The summed E-state index contributed by atoms with van der Waals surface area (Å²) in [5, 5.41) is 3.44. The molecule has 476 valence electrons. The minimum absolute atomic E-state index is 0.167. The highest BCUT2D eigenvalue weighted by atomic mass is 28.4. The molecule has 0 fully saturated rings. The Kier molecular flexibility index (Phi) is 23.4. The van der Waals surface area contributed by atoms with Crippen molar-refractivity contribution in [3.05, 3.63) is 213 Å². The van der Waals surface area contributed by atoms with E-state index < -0.39 is 36.6 Å². The zero-order valence-corrected chi connectivity index (χ0v) is 60.6. The van der Waals surface area contributed by atoms with Crippen LogP contribution in [0.3, 0.4) is 0 Å². The van der Waals surface area contributed by atoms with Crippen LogP contribution in [0.25, 0.3) is 33.4 Å². The summed E-state index contributed by atoms with van der Waals surface area (Å²) < 4.78 is 24.5. The number of rotatable bonds is 17. The maximum atomic E-state index is 12.8. The minimum atomic E-state index is -1.83. The molecule has 0 unspecified atom stereocenters. The van der Waals surface area contributed by atoms with Crippen molar-refractivity contribution in [2.45, 2.75) is 203 Å². The number of hydrogen-bond donors (Lipinski definition) is 2. The van der Waals surface area contributed by atoms with E-state index in [4.69, 9.17) is 23.7 Å². The normalized spacial score (nSPS) is 13.1. The lowest BCUT2D eigenvalue weighted by Gasteiger charge is -2.36. The Balaban J connectivity index is 0.000000216. The standard InChI is InChI=1S/C29H33NO3Si.C26H39NO3Si.C21H31NOSi/c1-20-14-22(18-30-27(31)25-12-7-8-13-26(25)28(30)32)17-24(15-20)23-11-9-10-21(16-23)19-33-34(5,6)29(2,3)4;1-19-13-21(17-27-24(28)30-25(2,3)4)16-23(14-19)22-12-10-11-20(15-22)18-29-31(8,9)26(5,6)7;1-16-10-18(14-22)13-20(11-16)19-9-7-8-17(12-19)15-23-24(5,6)21(2,3)4/h7-17H,18-19H2,1-6H3;10-16H,17-18H2,1-9H3,(H,27,28);7-13H,14-15,22H2,1-6H3. The van der Waals surface area contributed by atoms with E-state index in [1.54, 1.807) is 24.3 Å². The fourth-order valence-electron chi connectivity index (χ4n) is 9.42. The summed E-state index contributed by atoms with van der Waals surface area (Å²) in [4.78, 5) is 39.0. The van der Waals surface area contributed by atoms with Crippen LogP contribution >= 0.6 is 0 Å². The van der Waals surface area contributed by atoms with Gasteiger partial charge in [-0.3, -0.25) is 14.5 Å². The Hall–Kier alpha value is -6.56. The lowest BCUT2D eigenvalue weighted by atomic mass is 9.98. The van der Waals surface area contributed by atoms with Crippen LogP contribution in [0.2, 0.25) is 54.4 Å². The van der Waals surface area contributed by atoms with Crippen LogP contribution in [0.15, 0.2) is 152 Å². The lowest BCUT2D eigenvalue weighted by molar-refractivity contribution is 0.0522. The second kappa shape index (κ2) is 29.2. The summed E-state index contributed by atoms with van der Waals surface area (Å²) in [5.41, 5.74) is 23.4. The van der Waals surface area contributed by atoms with Crippen LogP contribution in [-0.4, -0.2) is 53.4 Å². The van der Waals surface area contributed by atoms with E-state index in [-0.39, 0.29) is 33.5 Å². The fourth-order valence-corrected chi connectivity index (χ4v) is 12.3. The SMILES string of the molecule is Cc1cc(CN)cc(-c2cccc(CO[Si](C)(C)C(C)(C)C)c2)c1.Cc1cc(CN2C(=O)c3ccccc3C2=O)cc(-c2cccc(CO[Si](C)(C)C(C)(C)C)c2)c1.Cc1cc(CNC(=O)OC(C)(C)C)cc(-c2cccc(CO[Si](C)(C)C(C)(C)C)c2)c1. The quantitative estimate of drug-likeness (QED) is 0.0681. The topological polar surface area (TPSA) is 129 Å². The van der Waals surface area contributed by atoms with Gasteiger partial charge in [-0.25, -0.2) is 4.79 Å². The average Bonchev–Trinajstić information content (AvgIpc) is 1.74. The second-order valence-electron chi connectivity index (χ2n) is 29.7. The van der Waals surface area contributed by atoms with Crippen LogP contribution in [-0.2, 0) is 57.5 Å². The number of alkyl carbamates (subject to hydrolysis) is 1. The van der Waals surface area contributed by atoms with Crippen LogP contribution in [0, 0.1) is 20.8 Å². The van der Waals surface area contributed by atoms with Gasteiger partial charge in [0, 0.05) is 13.1 Å². The molecule has 7 aromatic rings. The van der Waals surface area contributed by atoms with Crippen molar-refractivity contribution in [1.82, 2.24) is 10.2 Å². The number of ether oxygens (including phenoxy) is 1. The molecule has 3 amide bonds. The van der Waals surface area contributed by atoms with Gasteiger partial charge in [-0.05, 0) is 211 Å². The Morgan fingerprint density at radius 2 is 0.753 bits per heavy atom. The molecule has 3 N–H and O–H groups in total. The van der Waals surface area contributed by atoms with Crippen LogP contribution in [0.4, 0.5) is 4.79 Å². The maximum absolute atomic E-state index is 12.8. The number of fused-ring (bicyclic) bond motifs is 1. The third-order valence-corrected chi connectivity index (χ3v) is 31.1. The first-order chi connectivity index (χ1) is 41.2. The molecule has 0 aromatic heterocycles. The summed E-state index contributed by atoms with van der Waals surface area (Å²) in [7, 11) is -5.35. The number of nitrogens with one attached hydrogen (secondary N) is 1. The molecule has 1 aliphatic rings. The summed E-state index contributed by atoms with van der Waals surface area (Å²) >= 11 is 0. The molecule has 89 heavy (non-hydrogen) atoms. The molecular weight excluding hydrogens is 1150 g/mol. The Morgan fingerprint density at radius 1 is 0.427 bits per heavy atom. The third-order valence-electron chi connectivity index (χ3n) is 17.7. The molecule has 0 atom stereocenters. The monoisotopic (exact) mass is 1250 g/mol. The zero-order chi connectivity index (χ0) is 66.1. The first-order valence-corrected chi connectivity index (χ1v) is 40.1. The van der Waals surface area contributed by atoms with Gasteiger partial charge in [0.15, 0.2) is 25.0 Å². The molecule has 0 saturated carbocycles. The summed E-state index contributed by atoms with van der Waals surface area (Å²) in [6.45, 7) is 49.0. The third kappa shape index (κ3) is 20.2. The molecule has 1 heterocycles. The summed E-state index contributed by atoms with van der Waals surface area (Å²) in [5.74, 6) is -0.457. The Morgan fingerprint density at radius 3 is 1.10 bits per heavy atom. The summed E-state index contributed by atoms with van der Waals surface area (Å²) in [6.07, 6.45) is -0.402. The van der Waals surface area contributed by atoms with Gasteiger partial charge in [0.2, 0.25) is 0 Å².